The highest BCUT2D eigenvalue weighted by atomic mass is 35.5. The van der Waals surface area contributed by atoms with Gasteiger partial charge in [0.15, 0.2) is 0 Å². The zero-order valence-corrected chi connectivity index (χ0v) is 12.1. The Kier molecular flexibility index (Phi) is 2.90. The number of aromatic nitrogens is 2. The number of fused-ring (bicyclic) bond motifs is 2. The van der Waals surface area contributed by atoms with Gasteiger partial charge in [-0.25, -0.2) is 4.98 Å². The van der Waals surface area contributed by atoms with Crippen LogP contribution in [0.1, 0.15) is 5.56 Å². The summed E-state index contributed by atoms with van der Waals surface area (Å²) in [7, 11) is 0. The predicted molar refractivity (Wildman–Crippen MR) is 88.6 cm³/mol. The van der Waals surface area contributed by atoms with Crippen molar-refractivity contribution >= 4 is 33.4 Å². The lowest BCUT2D eigenvalue weighted by Gasteiger charge is -2.07. The van der Waals surface area contributed by atoms with Gasteiger partial charge < -0.3 is 4.98 Å². The van der Waals surface area contributed by atoms with Crippen LogP contribution in [0.25, 0.3) is 33.1 Å². The third-order valence-corrected chi connectivity index (χ3v) is 4.10. The fourth-order valence-electron chi connectivity index (χ4n) is 2.78. The number of alkyl halides is 1. The van der Waals surface area contributed by atoms with Gasteiger partial charge in [-0.1, -0.05) is 36.4 Å². The van der Waals surface area contributed by atoms with E-state index in [1.165, 1.54) is 5.39 Å². The van der Waals surface area contributed by atoms with Gasteiger partial charge >= 0.3 is 0 Å². The molecular formula is C18H13ClN2. The second kappa shape index (κ2) is 4.90. The summed E-state index contributed by atoms with van der Waals surface area (Å²) in [5.41, 5.74) is 5.29. The van der Waals surface area contributed by atoms with E-state index in [4.69, 9.17) is 16.6 Å². The summed E-state index contributed by atoms with van der Waals surface area (Å²) in [4.78, 5) is 8.10. The minimum absolute atomic E-state index is 0.485. The van der Waals surface area contributed by atoms with Gasteiger partial charge in [-0.05, 0) is 23.8 Å². The summed E-state index contributed by atoms with van der Waals surface area (Å²) in [5.74, 6) is 0.485. The summed E-state index contributed by atoms with van der Waals surface area (Å²) in [5, 5.41) is 2.30. The van der Waals surface area contributed by atoms with Crippen molar-refractivity contribution in [2.24, 2.45) is 0 Å². The lowest BCUT2D eigenvalue weighted by Crippen LogP contribution is -1.90. The van der Waals surface area contributed by atoms with Crippen molar-refractivity contribution in [2.75, 3.05) is 0 Å². The second-order valence-corrected chi connectivity index (χ2v) is 5.33. The van der Waals surface area contributed by atoms with Gasteiger partial charge in [-0.3, -0.25) is 0 Å². The van der Waals surface area contributed by atoms with Gasteiger partial charge in [0.25, 0.3) is 0 Å². The van der Waals surface area contributed by atoms with Gasteiger partial charge in [0.05, 0.1) is 11.2 Å². The number of halogens is 1. The van der Waals surface area contributed by atoms with Crippen LogP contribution in [0, 0.1) is 0 Å². The van der Waals surface area contributed by atoms with Crippen molar-refractivity contribution < 1.29 is 0 Å². The molecule has 0 radical (unpaired) electrons. The molecule has 102 valence electrons. The van der Waals surface area contributed by atoms with E-state index in [2.05, 4.69) is 29.2 Å². The number of nitrogens with zero attached hydrogens (tertiary/aromatic N) is 1. The number of para-hydroxylation sites is 2. The van der Waals surface area contributed by atoms with Gasteiger partial charge in [0, 0.05) is 33.9 Å². The Morgan fingerprint density at radius 1 is 0.952 bits per heavy atom. The first kappa shape index (κ1) is 12.4. The van der Waals surface area contributed by atoms with E-state index in [-0.39, 0.29) is 0 Å². The molecule has 2 aromatic carbocycles. The first-order valence-electron chi connectivity index (χ1n) is 6.88. The highest BCUT2D eigenvalue weighted by Crippen LogP contribution is 2.30. The summed E-state index contributed by atoms with van der Waals surface area (Å²) >= 11 is 6.12. The first-order valence-corrected chi connectivity index (χ1v) is 7.41. The van der Waals surface area contributed by atoms with E-state index in [9.17, 15) is 0 Å². The van der Waals surface area contributed by atoms with Crippen LogP contribution in [0.4, 0.5) is 0 Å². The summed E-state index contributed by atoms with van der Waals surface area (Å²) < 4.78 is 0. The zero-order chi connectivity index (χ0) is 14.2. The Morgan fingerprint density at radius 3 is 2.57 bits per heavy atom. The first-order chi connectivity index (χ1) is 10.4. The minimum Gasteiger partial charge on any atom is -0.360 e. The normalized spacial score (nSPS) is 11.3. The van der Waals surface area contributed by atoms with E-state index in [0.717, 1.165) is 33.2 Å². The molecule has 4 rings (SSSR count). The number of hydrogen-bond acceptors (Lipinski definition) is 1. The Morgan fingerprint density at radius 2 is 1.71 bits per heavy atom. The molecule has 0 atom stereocenters. The largest absolute Gasteiger partial charge is 0.360 e. The molecule has 0 spiro atoms. The fourth-order valence-corrected chi connectivity index (χ4v) is 3.00. The van der Waals surface area contributed by atoms with E-state index < -0.39 is 0 Å². The molecule has 2 aromatic heterocycles. The van der Waals surface area contributed by atoms with Crippen LogP contribution in [-0.2, 0) is 5.88 Å². The molecule has 0 aliphatic carbocycles. The number of hydrogen-bond donors (Lipinski definition) is 1. The van der Waals surface area contributed by atoms with E-state index in [1.54, 1.807) is 0 Å². The molecule has 0 unspecified atom stereocenters. The van der Waals surface area contributed by atoms with Crippen molar-refractivity contribution in [1.82, 2.24) is 9.97 Å². The molecule has 21 heavy (non-hydrogen) atoms. The number of pyridine rings is 1. The number of nitrogens with one attached hydrogen (secondary N) is 1. The highest BCUT2D eigenvalue weighted by Gasteiger charge is 2.10. The number of aromatic amines is 1. The maximum absolute atomic E-state index is 6.12. The van der Waals surface area contributed by atoms with E-state index >= 15 is 0 Å². The molecule has 0 aliphatic rings. The molecule has 0 aliphatic heterocycles. The molecule has 0 fully saturated rings. The number of rotatable bonds is 2. The molecule has 0 bridgehead atoms. The van der Waals surface area contributed by atoms with Crippen molar-refractivity contribution in [2.45, 2.75) is 5.88 Å². The van der Waals surface area contributed by atoms with Crippen molar-refractivity contribution in [1.29, 1.82) is 0 Å². The summed E-state index contributed by atoms with van der Waals surface area (Å²) in [6.07, 6.45) is 2.01. The highest BCUT2D eigenvalue weighted by molar-refractivity contribution is 6.18. The molecule has 3 heteroatoms. The topological polar surface area (TPSA) is 28.7 Å². The lowest BCUT2D eigenvalue weighted by molar-refractivity contribution is 1.34. The zero-order valence-electron chi connectivity index (χ0n) is 11.3. The Balaban J connectivity index is 2.02. The maximum Gasteiger partial charge on any atom is 0.0734 e. The van der Waals surface area contributed by atoms with Gasteiger partial charge in [0.2, 0.25) is 0 Å². The van der Waals surface area contributed by atoms with Crippen LogP contribution >= 0.6 is 11.6 Å². The van der Waals surface area contributed by atoms with Crippen LogP contribution in [-0.4, -0.2) is 9.97 Å². The summed E-state index contributed by atoms with van der Waals surface area (Å²) in [6, 6.07) is 18.5. The van der Waals surface area contributed by atoms with Crippen LogP contribution in [0.15, 0.2) is 60.8 Å². The molecular weight excluding hydrogens is 280 g/mol. The third kappa shape index (κ3) is 1.99. The number of benzene rings is 2. The predicted octanol–water partition coefficient (Wildman–Crippen LogP) is 5.12. The van der Waals surface area contributed by atoms with Crippen molar-refractivity contribution in [3.05, 3.63) is 66.4 Å². The monoisotopic (exact) mass is 292 g/mol. The van der Waals surface area contributed by atoms with Crippen LogP contribution in [0.2, 0.25) is 0 Å². The quantitative estimate of drug-likeness (QED) is 0.510. The Labute approximate surface area is 127 Å². The maximum atomic E-state index is 6.12. The summed E-state index contributed by atoms with van der Waals surface area (Å²) in [6.45, 7) is 0. The average Bonchev–Trinajstić information content (AvgIpc) is 2.98. The second-order valence-electron chi connectivity index (χ2n) is 5.07. The SMILES string of the molecule is ClCc1cc(-c2c[nH]c3ccccc23)nc2ccccc12. The molecule has 2 heterocycles. The van der Waals surface area contributed by atoms with Crippen molar-refractivity contribution in [3.63, 3.8) is 0 Å². The Bertz CT molecular complexity index is 940. The Hall–Kier alpha value is -2.32. The molecule has 0 amide bonds. The third-order valence-electron chi connectivity index (χ3n) is 3.81. The molecule has 2 nitrogen and oxygen atoms in total. The molecule has 1 N–H and O–H groups in total. The average molecular weight is 293 g/mol. The minimum atomic E-state index is 0.485. The fraction of sp³-hybridized carbons (Fsp3) is 0.0556. The van der Waals surface area contributed by atoms with Gasteiger partial charge in [-0.15, -0.1) is 11.6 Å². The molecule has 0 saturated carbocycles. The molecule has 4 aromatic rings. The lowest BCUT2D eigenvalue weighted by atomic mass is 10.0. The van der Waals surface area contributed by atoms with E-state index in [0.29, 0.717) is 5.88 Å². The van der Waals surface area contributed by atoms with Crippen molar-refractivity contribution in [3.8, 4) is 11.3 Å². The van der Waals surface area contributed by atoms with Crippen LogP contribution in [0.3, 0.4) is 0 Å². The van der Waals surface area contributed by atoms with Crippen LogP contribution in [0.5, 0.6) is 0 Å². The van der Waals surface area contributed by atoms with Gasteiger partial charge in [-0.2, -0.15) is 0 Å². The smallest absolute Gasteiger partial charge is 0.0734 e. The molecule has 0 saturated heterocycles. The van der Waals surface area contributed by atoms with Gasteiger partial charge in [0.1, 0.15) is 0 Å². The standard InChI is InChI=1S/C18H13ClN2/c19-10-12-9-18(21-17-8-4-1-5-13(12)17)15-11-20-16-7-3-2-6-14(15)16/h1-9,11,20H,10H2. The van der Waals surface area contributed by atoms with Crippen LogP contribution < -0.4 is 0 Å². The van der Waals surface area contributed by atoms with E-state index in [1.807, 2.05) is 36.5 Å². The number of H-pyrrole nitrogens is 1.